The molecule has 0 heterocycles. The molecule has 3 heteroatoms. The maximum absolute atomic E-state index is 6.11. The van der Waals surface area contributed by atoms with Crippen LogP contribution in [0.3, 0.4) is 0 Å². The van der Waals surface area contributed by atoms with Crippen molar-refractivity contribution in [2.75, 3.05) is 0 Å². The minimum Gasteiger partial charge on any atom is -0.327 e. The third kappa shape index (κ3) is 2.66. The summed E-state index contributed by atoms with van der Waals surface area (Å²) in [6, 6.07) is 6.01. The van der Waals surface area contributed by atoms with Gasteiger partial charge in [-0.05, 0) is 42.4 Å². The minimum absolute atomic E-state index is 0.261. The first-order valence-electron chi connectivity index (χ1n) is 5.27. The van der Waals surface area contributed by atoms with Crippen LogP contribution in [0.5, 0.6) is 0 Å². The quantitative estimate of drug-likeness (QED) is 0.864. The van der Waals surface area contributed by atoms with E-state index >= 15 is 0 Å². The molecule has 0 amide bonds. The van der Waals surface area contributed by atoms with Crippen LogP contribution in [0.15, 0.2) is 18.2 Å². The molecule has 3 unspecified atom stereocenters. The summed E-state index contributed by atoms with van der Waals surface area (Å²) in [6.45, 7) is 2.25. The second-order valence-corrected chi connectivity index (χ2v) is 5.31. The van der Waals surface area contributed by atoms with Crippen LogP contribution in [0.2, 0.25) is 10.0 Å². The van der Waals surface area contributed by atoms with Gasteiger partial charge in [-0.15, -0.1) is 0 Å². The van der Waals surface area contributed by atoms with Crippen molar-refractivity contribution in [1.29, 1.82) is 0 Å². The fourth-order valence-corrected chi connectivity index (χ4v) is 2.36. The van der Waals surface area contributed by atoms with Gasteiger partial charge in [-0.2, -0.15) is 0 Å². The van der Waals surface area contributed by atoms with Crippen LogP contribution in [0.4, 0.5) is 0 Å². The van der Waals surface area contributed by atoms with E-state index in [1.54, 1.807) is 0 Å². The van der Waals surface area contributed by atoms with E-state index in [1.165, 1.54) is 12.0 Å². The molecule has 15 heavy (non-hydrogen) atoms. The predicted molar refractivity (Wildman–Crippen MR) is 65.4 cm³/mol. The summed E-state index contributed by atoms with van der Waals surface area (Å²) >= 11 is 11.8. The molecule has 0 bridgehead atoms. The van der Waals surface area contributed by atoms with Gasteiger partial charge in [-0.3, -0.25) is 0 Å². The maximum atomic E-state index is 6.11. The molecule has 3 atom stereocenters. The molecular formula is C12H15Cl2N. The lowest BCUT2D eigenvalue weighted by Gasteiger charge is -2.11. The highest BCUT2D eigenvalue weighted by Crippen LogP contribution is 2.40. The summed E-state index contributed by atoms with van der Waals surface area (Å²) in [7, 11) is 0. The molecule has 1 aliphatic rings. The smallest absolute Gasteiger partial charge is 0.0595 e. The van der Waals surface area contributed by atoms with Crippen LogP contribution >= 0.6 is 23.2 Å². The second kappa shape index (κ2) is 4.32. The number of hydrogen-bond acceptors (Lipinski definition) is 1. The van der Waals surface area contributed by atoms with Crippen molar-refractivity contribution in [2.24, 2.45) is 17.6 Å². The van der Waals surface area contributed by atoms with Gasteiger partial charge in [0.15, 0.2) is 0 Å². The monoisotopic (exact) mass is 243 g/mol. The lowest BCUT2D eigenvalue weighted by atomic mass is 10.0. The molecule has 2 rings (SSSR count). The number of hydrogen-bond donors (Lipinski definition) is 1. The van der Waals surface area contributed by atoms with E-state index < -0.39 is 0 Å². The molecule has 2 N–H and O–H groups in total. The highest BCUT2D eigenvalue weighted by atomic mass is 35.5. The van der Waals surface area contributed by atoms with Crippen molar-refractivity contribution in [3.8, 4) is 0 Å². The third-order valence-corrected chi connectivity index (χ3v) is 3.92. The van der Waals surface area contributed by atoms with E-state index in [-0.39, 0.29) is 6.04 Å². The Morgan fingerprint density at radius 3 is 2.60 bits per heavy atom. The van der Waals surface area contributed by atoms with Crippen LogP contribution in [-0.4, -0.2) is 6.04 Å². The van der Waals surface area contributed by atoms with Crippen molar-refractivity contribution >= 4 is 23.2 Å². The van der Waals surface area contributed by atoms with Gasteiger partial charge in [-0.25, -0.2) is 0 Å². The Hall–Kier alpha value is -0.240. The maximum Gasteiger partial charge on any atom is 0.0595 e. The summed E-state index contributed by atoms with van der Waals surface area (Å²) in [5.41, 5.74) is 7.29. The van der Waals surface area contributed by atoms with Gasteiger partial charge in [0, 0.05) is 6.04 Å². The molecule has 0 aliphatic heterocycles. The zero-order valence-electron chi connectivity index (χ0n) is 8.71. The zero-order valence-corrected chi connectivity index (χ0v) is 10.2. The first kappa shape index (κ1) is 11.3. The fourth-order valence-electron chi connectivity index (χ4n) is 2.04. The molecule has 82 valence electrons. The molecule has 0 radical (unpaired) electrons. The normalized spacial score (nSPS) is 26.4. The van der Waals surface area contributed by atoms with E-state index in [1.807, 2.05) is 18.2 Å². The zero-order chi connectivity index (χ0) is 11.0. The van der Waals surface area contributed by atoms with Crippen LogP contribution < -0.4 is 5.73 Å². The van der Waals surface area contributed by atoms with Crippen LogP contribution in [0.25, 0.3) is 0 Å². The SMILES string of the molecule is CC1CC1C(N)Cc1ccc(Cl)c(Cl)c1. The van der Waals surface area contributed by atoms with Crippen molar-refractivity contribution in [2.45, 2.75) is 25.8 Å². The summed E-state index contributed by atoms with van der Waals surface area (Å²) < 4.78 is 0. The first-order valence-corrected chi connectivity index (χ1v) is 6.03. The Kier molecular flexibility index (Phi) is 3.24. The molecule has 1 aromatic rings. The van der Waals surface area contributed by atoms with Gasteiger partial charge < -0.3 is 5.73 Å². The molecule has 1 saturated carbocycles. The molecule has 1 aliphatic carbocycles. The van der Waals surface area contributed by atoms with E-state index in [4.69, 9.17) is 28.9 Å². The summed E-state index contributed by atoms with van der Waals surface area (Å²) in [4.78, 5) is 0. The fraction of sp³-hybridized carbons (Fsp3) is 0.500. The molecular weight excluding hydrogens is 229 g/mol. The first-order chi connectivity index (χ1) is 7.08. The Balaban J connectivity index is 2.01. The third-order valence-electron chi connectivity index (χ3n) is 3.18. The van der Waals surface area contributed by atoms with E-state index in [0.717, 1.165) is 12.3 Å². The van der Waals surface area contributed by atoms with E-state index in [9.17, 15) is 0 Å². The number of nitrogens with two attached hydrogens (primary N) is 1. The molecule has 0 aromatic heterocycles. The highest BCUT2D eigenvalue weighted by molar-refractivity contribution is 6.42. The molecule has 1 fully saturated rings. The Bertz CT molecular complexity index is 365. The summed E-state index contributed by atoms with van der Waals surface area (Å²) in [5, 5.41) is 1.22. The lowest BCUT2D eigenvalue weighted by Crippen LogP contribution is -2.25. The van der Waals surface area contributed by atoms with Gasteiger partial charge in [0.2, 0.25) is 0 Å². The van der Waals surface area contributed by atoms with Crippen molar-refractivity contribution in [3.63, 3.8) is 0 Å². The number of benzene rings is 1. The Morgan fingerprint density at radius 1 is 1.40 bits per heavy atom. The largest absolute Gasteiger partial charge is 0.327 e. The molecule has 1 aromatic carbocycles. The van der Waals surface area contributed by atoms with Gasteiger partial charge >= 0.3 is 0 Å². The average Bonchev–Trinajstić information content (AvgIpc) is 2.89. The lowest BCUT2D eigenvalue weighted by molar-refractivity contribution is 0.560. The molecule has 0 saturated heterocycles. The van der Waals surface area contributed by atoms with Gasteiger partial charge in [0.1, 0.15) is 0 Å². The van der Waals surface area contributed by atoms with Gasteiger partial charge in [0.25, 0.3) is 0 Å². The van der Waals surface area contributed by atoms with E-state index in [0.29, 0.717) is 16.0 Å². The van der Waals surface area contributed by atoms with Crippen LogP contribution in [-0.2, 0) is 6.42 Å². The van der Waals surface area contributed by atoms with Crippen molar-refractivity contribution in [3.05, 3.63) is 33.8 Å². The van der Waals surface area contributed by atoms with Crippen molar-refractivity contribution < 1.29 is 0 Å². The van der Waals surface area contributed by atoms with Gasteiger partial charge in [-0.1, -0.05) is 36.2 Å². The summed E-state index contributed by atoms with van der Waals surface area (Å²) in [5.74, 6) is 1.49. The standard InChI is InChI=1S/C12H15Cl2N/c1-7-4-9(7)12(15)6-8-2-3-10(13)11(14)5-8/h2-3,5,7,9,12H,4,6,15H2,1H3. The minimum atomic E-state index is 0.261. The molecule has 0 spiro atoms. The summed E-state index contributed by atoms with van der Waals surface area (Å²) in [6.07, 6.45) is 2.16. The van der Waals surface area contributed by atoms with Crippen LogP contribution in [0, 0.1) is 11.8 Å². The second-order valence-electron chi connectivity index (χ2n) is 4.49. The Morgan fingerprint density at radius 2 is 2.07 bits per heavy atom. The topological polar surface area (TPSA) is 26.0 Å². The average molecular weight is 244 g/mol. The number of rotatable bonds is 3. The van der Waals surface area contributed by atoms with E-state index in [2.05, 4.69) is 6.92 Å². The van der Waals surface area contributed by atoms with Gasteiger partial charge in [0.05, 0.1) is 10.0 Å². The Labute approximate surface area is 101 Å². The highest BCUT2D eigenvalue weighted by Gasteiger charge is 2.37. The van der Waals surface area contributed by atoms with Crippen molar-refractivity contribution in [1.82, 2.24) is 0 Å². The predicted octanol–water partition coefficient (Wildman–Crippen LogP) is 3.52. The number of halogens is 2. The van der Waals surface area contributed by atoms with Crippen LogP contribution in [0.1, 0.15) is 18.9 Å². The molecule has 1 nitrogen and oxygen atoms in total.